The van der Waals surface area contributed by atoms with Crippen LogP contribution in [0.1, 0.15) is 25.0 Å². The van der Waals surface area contributed by atoms with E-state index >= 15 is 0 Å². The molecular formula is C16H20F2N2O. The minimum absolute atomic E-state index is 0.0236. The fraction of sp³-hybridized carbons (Fsp3) is 0.375. The smallest absolute Gasteiger partial charge is 0.149 e. The largest absolute Gasteiger partial charge is 0.472 e. The first-order chi connectivity index (χ1) is 9.97. The second kappa shape index (κ2) is 6.72. The number of anilines is 1. The molecule has 0 aliphatic rings. The third-order valence-corrected chi connectivity index (χ3v) is 3.17. The summed E-state index contributed by atoms with van der Waals surface area (Å²) in [7, 11) is 1.65. The SMILES string of the molecule is CC(C)NCc1cc(F)c(N(C)Cc2ccoc2)c(F)c1. The first kappa shape index (κ1) is 15.5. The van der Waals surface area contributed by atoms with Crippen molar-refractivity contribution in [3.8, 4) is 0 Å². The standard InChI is InChI=1S/C16H20F2N2O/c1-11(2)19-8-13-6-14(17)16(15(18)7-13)20(3)9-12-4-5-21-10-12/h4-7,10-11,19H,8-9H2,1-3H3. The fourth-order valence-electron chi connectivity index (χ4n) is 2.14. The van der Waals surface area contributed by atoms with Crippen molar-refractivity contribution < 1.29 is 13.2 Å². The van der Waals surface area contributed by atoms with Crippen molar-refractivity contribution in [1.82, 2.24) is 5.32 Å². The molecule has 0 amide bonds. The number of nitrogens with zero attached hydrogens (tertiary/aromatic N) is 1. The summed E-state index contributed by atoms with van der Waals surface area (Å²) in [6, 6.07) is 4.78. The summed E-state index contributed by atoms with van der Waals surface area (Å²) >= 11 is 0. The van der Waals surface area contributed by atoms with Crippen molar-refractivity contribution in [1.29, 1.82) is 0 Å². The second-order valence-electron chi connectivity index (χ2n) is 5.43. The molecule has 1 aromatic carbocycles. The maximum absolute atomic E-state index is 14.2. The van der Waals surface area contributed by atoms with Crippen LogP contribution in [0.3, 0.4) is 0 Å². The Bertz CT molecular complexity index is 559. The van der Waals surface area contributed by atoms with Gasteiger partial charge in [-0.15, -0.1) is 0 Å². The van der Waals surface area contributed by atoms with E-state index in [0.717, 1.165) is 5.56 Å². The predicted octanol–water partition coefficient (Wildman–Crippen LogP) is 3.69. The van der Waals surface area contributed by atoms with Crippen molar-refractivity contribution in [2.24, 2.45) is 0 Å². The molecular weight excluding hydrogens is 274 g/mol. The lowest BCUT2D eigenvalue weighted by molar-refractivity contribution is 0.554. The van der Waals surface area contributed by atoms with Gasteiger partial charge in [-0.2, -0.15) is 0 Å². The Labute approximate surface area is 123 Å². The van der Waals surface area contributed by atoms with Crippen LogP contribution in [0.25, 0.3) is 0 Å². The van der Waals surface area contributed by atoms with Crippen LogP contribution in [0.2, 0.25) is 0 Å². The topological polar surface area (TPSA) is 28.4 Å². The van der Waals surface area contributed by atoms with E-state index in [4.69, 9.17) is 4.42 Å². The highest BCUT2D eigenvalue weighted by molar-refractivity contribution is 5.50. The summed E-state index contributed by atoms with van der Waals surface area (Å²) in [5.41, 5.74) is 1.44. The van der Waals surface area contributed by atoms with E-state index in [1.165, 1.54) is 23.3 Å². The quantitative estimate of drug-likeness (QED) is 0.880. The molecule has 0 atom stereocenters. The molecule has 5 heteroatoms. The van der Waals surface area contributed by atoms with E-state index < -0.39 is 11.6 Å². The van der Waals surface area contributed by atoms with Gasteiger partial charge in [-0.1, -0.05) is 13.8 Å². The Morgan fingerprint density at radius 3 is 2.38 bits per heavy atom. The summed E-state index contributed by atoms with van der Waals surface area (Å²) in [6.07, 6.45) is 3.10. The van der Waals surface area contributed by atoms with Gasteiger partial charge in [0.1, 0.15) is 17.3 Å². The Kier molecular flexibility index (Phi) is 4.96. The number of nitrogens with one attached hydrogen (secondary N) is 1. The molecule has 1 N–H and O–H groups in total. The van der Waals surface area contributed by atoms with Gasteiger partial charge in [-0.3, -0.25) is 0 Å². The molecule has 0 aliphatic heterocycles. The Morgan fingerprint density at radius 1 is 1.19 bits per heavy atom. The summed E-state index contributed by atoms with van der Waals surface area (Å²) in [5.74, 6) is -1.11. The lowest BCUT2D eigenvalue weighted by atomic mass is 10.1. The van der Waals surface area contributed by atoms with E-state index in [0.29, 0.717) is 18.7 Å². The molecule has 2 rings (SSSR count). The normalized spacial score (nSPS) is 11.1. The van der Waals surface area contributed by atoms with Gasteiger partial charge in [-0.05, 0) is 23.8 Å². The number of benzene rings is 1. The predicted molar refractivity (Wildman–Crippen MR) is 79.1 cm³/mol. The highest BCUT2D eigenvalue weighted by Gasteiger charge is 2.16. The monoisotopic (exact) mass is 294 g/mol. The van der Waals surface area contributed by atoms with Crippen molar-refractivity contribution in [3.05, 3.63) is 53.5 Å². The molecule has 0 spiro atoms. The van der Waals surface area contributed by atoms with Crippen LogP contribution in [0.4, 0.5) is 14.5 Å². The van der Waals surface area contributed by atoms with Crippen molar-refractivity contribution in [2.45, 2.75) is 33.0 Å². The van der Waals surface area contributed by atoms with E-state index in [1.54, 1.807) is 19.4 Å². The molecule has 0 aliphatic carbocycles. The molecule has 1 heterocycles. The fourth-order valence-corrected chi connectivity index (χ4v) is 2.14. The summed E-state index contributed by atoms with van der Waals surface area (Å²) in [4.78, 5) is 1.54. The van der Waals surface area contributed by atoms with Crippen LogP contribution in [-0.2, 0) is 13.1 Å². The van der Waals surface area contributed by atoms with Crippen molar-refractivity contribution in [2.75, 3.05) is 11.9 Å². The van der Waals surface area contributed by atoms with Crippen LogP contribution < -0.4 is 10.2 Å². The Hall–Kier alpha value is -1.88. The van der Waals surface area contributed by atoms with E-state index in [-0.39, 0.29) is 11.7 Å². The molecule has 3 nitrogen and oxygen atoms in total. The number of halogens is 2. The molecule has 1 aromatic heterocycles. The third-order valence-electron chi connectivity index (χ3n) is 3.17. The van der Waals surface area contributed by atoms with Gasteiger partial charge < -0.3 is 14.6 Å². The summed E-state index contributed by atoms with van der Waals surface area (Å²) in [5, 5.41) is 3.14. The van der Waals surface area contributed by atoms with Gasteiger partial charge >= 0.3 is 0 Å². The minimum atomic E-state index is -0.554. The van der Waals surface area contributed by atoms with Gasteiger partial charge in [0.15, 0.2) is 0 Å². The molecule has 0 unspecified atom stereocenters. The molecule has 0 radical (unpaired) electrons. The minimum Gasteiger partial charge on any atom is -0.472 e. The first-order valence-corrected chi connectivity index (χ1v) is 6.91. The third kappa shape index (κ3) is 4.04. The summed E-state index contributed by atoms with van der Waals surface area (Å²) in [6.45, 7) is 4.80. The van der Waals surface area contributed by atoms with Crippen molar-refractivity contribution in [3.63, 3.8) is 0 Å². The van der Waals surface area contributed by atoms with Gasteiger partial charge in [-0.25, -0.2) is 8.78 Å². The zero-order valence-corrected chi connectivity index (χ0v) is 12.5. The number of rotatable bonds is 6. The maximum Gasteiger partial charge on any atom is 0.149 e. The molecule has 21 heavy (non-hydrogen) atoms. The van der Waals surface area contributed by atoms with Crippen LogP contribution in [0.15, 0.2) is 35.1 Å². The van der Waals surface area contributed by atoms with Gasteiger partial charge in [0, 0.05) is 31.7 Å². The van der Waals surface area contributed by atoms with E-state index in [1.807, 2.05) is 13.8 Å². The molecule has 0 saturated carbocycles. The highest BCUT2D eigenvalue weighted by Crippen LogP contribution is 2.25. The zero-order chi connectivity index (χ0) is 15.4. The second-order valence-corrected chi connectivity index (χ2v) is 5.43. The zero-order valence-electron chi connectivity index (χ0n) is 12.5. The lowest BCUT2D eigenvalue weighted by Gasteiger charge is -2.20. The Balaban J connectivity index is 2.16. The summed E-state index contributed by atoms with van der Waals surface area (Å²) < 4.78 is 33.3. The number of hydrogen-bond acceptors (Lipinski definition) is 3. The van der Waals surface area contributed by atoms with Crippen molar-refractivity contribution >= 4 is 5.69 Å². The van der Waals surface area contributed by atoms with Crippen LogP contribution >= 0.6 is 0 Å². The molecule has 2 aromatic rings. The molecule has 0 bridgehead atoms. The maximum atomic E-state index is 14.2. The first-order valence-electron chi connectivity index (χ1n) is 6.91. The number of furan rings is 1. The molecule has 0 saturated heterocycles. The van der Waals surface area contributed by atoms with E-state index in [2.05, 4.69) is 5.32 Å². The number of hydrogen-bond donors (Lipinski definition) is 1. The van der Waals surface area contributed by atoms with E-state index in [9.17, 15) is 8.78 Å². The van der Waals surface area contributed by atoms with Crippen LogP contribution in [-0.4, -0.2) is 13.1 Å². The van der Waals surface area contributed by atoms with Gasteiger partial charge in [0.2, 0.25) is 0 Å². The molecule has 114 valence electrons. The van der Waals surface area contributed by atoms with Crippen LogP contribution in [0.5, 0.6) is 0 Å². The average Bonchev–Trinajstić information content (AvgIpc) is 2.88. The van der Waals surface area contributed by atoms with Gasteiger partial charge in [0.05, 0.1) is 12.5 Å². The molecule has 0 fully saturated rings. The average molecular weight is 294 g/mol. The lowest BCUT2D eigenvalue weighted by Crippen LogP contribution is -2.23. The van der Waals surface area contributed by atoms with Crippen LogP contribution in [0, 0.1) is 11.6 Å². The van der Waals surface area contributed by atoms with Gasteiger partial charge in [0.25, 0.3) is 0 Å². The Morgan fingerprint density at radius 2 is 1.86 bits per heavy atom. The highest BCUT2D eigenvalue weighted by atomic mass is 19.1.